The number of rotatable bonds is 1. The van der Waals surface area contributed by atoms with E-state index in [9.17, 15) is 4.79 Å². The van der Waals surface area contributed by atoms with E-state index in [2.05, 4.69) is 20.9 Å². The smallest absolute Gasteiger partial charge is 0.253 e. The molecule has 0 radical (unpaired) electrons. The van der Waals surface area contributed by atoms with Crippen molar-refractivity contribution in [1.29, 1.82) is 0 Å². The predicted molar refractivity (Wildman–Crippen MR) is 64.9 cm³/mol. The van der Waals surface area contributed by atoms with Crippen LogP contribution in [-0.4, -0.2) is 4.98 Å². The first kappa shape index (κ1) is 10.4. The number of H-pyrrole nitrogens is 1. The summed E-state index contributed by atoms with van der Waals surface area (Å²) in [4.78, 5) is 14.4. The van der Waals surface area contributed by atoms with Crippen molar-refractivity contribution in [3.8, 4) is 0 Å². The molecule has 3 nitrogen and oxygen atoms in total. The van der Waals surface area contributed by atoms with Gasteiger partial charge in [-0.1, -0.05) is 15.9 Å². The van der Waals surface area contributed by atoms with E-state index in [4.69, 9.17) is 5.73 Å². The molecular weight excluding hydrogens is 256 g/mol. The van der Waals surface area contributed by atoms with Crippen LogP contribution in [0.5, 0.6) is 0 Å². The lowest BCUT2D eigenvalue weighted by Gasteiger charge is -2.06. The lowest BCUT2D eigenvalue weighted by molar-refractivity contribution is 0.804. The molecule has 3 N–H and O–H groups in total. The summed E-state index contributed by atoms with van der Waals surface area (Å²) in [6.07, 6.45) is 0. The molecule has 0 aliphatic heterocycles. The molecule has 0 fully saturated rings. The Labute approximate surface area is 95.4 Å². The maximum absolute atomic E-state index is 11.6. The minimum atomic E-state index is -0.253. The van der Waals surface area contributed by atoms with Gasteiger partial charge in [-0.05, 0) is 36.6 Å². The third-order valence-corrected chi connectivity index (χ3v) is 2.82. The van der Waals surface area contributed by atoms with E-state index < -0.39 is 0 Å². The van der Waals surface area contributed by atoms with Crippen LogP contribution in [0.2, 0.25) is 0 Å². The Balaban J connectivity index is 2.77. The van der Waals surface area contributed by atoms with E-state index in [0.717, 1.165) is 15.4 Å². The summed E-state index contributed by atoms with van der Waals surface area (Å²) in [6, 6.07) is 7.30. The highest BCUT2D eigenvalue weighted by atomic mass is 79.9. The monoisotopic (exact) mass is 266 g/mol. The number of aromatic amines is 1. The zero-order valence-electron chi connectivity index (χ0n) is 8.25. The molecule has 0 aliphatic carbocycles. The van der Waals surface area contributed by atoms with Gasteiger partial charge in [0.15, 0.2) is 0 Å². The Kier molecular flexibility index (Phi) is 2.63. The number of hydrogen-bond donors (Lipinski definition) is 2. The number of pyridine rings is 1. The highest BCUT2D eigenvalue weighted by Gasteiger charge is 2.06. The maximum Gasteiger partial charge on any atom is 0.253 e. The molecule has 78 valence electrons. The van der Waals surface area contributed by atoms with Crippen LogP contribution in [0.3, 0.4) is 0 Å². The molecule has 0 aliphatic rings. The van der Waals surface area contributed by atoms with Crippen LogP contribution in [0, 0.1) is 0 Å². The molecule has 1 unspecified atom stereocenters. The number of benzene rings is 1. The minimum absolute atomic E-state index is 0.111. The van der Waals surface area contributed by atoms with Gasteiger partial charge in [0.2, 0.25) is 0 Å². The van der Waals surface area contributed by atoms with Gasteiger partial charge in [0, 0.05) is 21.6 Å². The standard InChI is InChI=1S/C11H11BrN2O/c1-6(13)9-5-7-4-8(12)2-3-10(7)14-11(9)15/h2-6H,13H2,1H3,(H,14,15). The van der Waals surface area contributed by atoms with Crippen molar-refractivity contribution in [2.45, 2.75) is 13.0 Å². The van der Waals surface area contributed by atoms with E-state index in [1.54, 1.807) is 6.92 Å². The Morgan fingerprint density at radius 3 is 2.80 bits per heavy atom. The number of aromatic nitrogens is 1. The highest BCUT2D eigenvalue weighted by molar-refractivity contribution is 9.10. The Morgan fingerprint density at radius 2 is 2.13 bits per heavy atom. The normalized spacial score (nSPS) is 13.0. The van der Waals surface area contributed by atoms with Gasteiger partial charge in [0.05, 0.1) is 0 Å². The van der Waals surface area contributed by atoms with Crippen molar-refractivity contribution in [3.63, 3.8) is 0 Å². The summed E-state index contributed by atoms with van der Waals surface area (Å²) >= 11 is 3.39. The number of halogens is 1. The van der Waals surface area contributed by atoms with Crippen LogP contribution in [0.25, 0.3) is 10.9 Å². The predicted octanol–water partition coefficient (Wildman–Crippen LogP) is 2.31. The van der Waals surface area contributed by atoms with Crippen molar-refractivity contribution < 1.29 is 0 Å². The molecule has 0 amide bonds. The van der Waals surface area contributed by atoms with Crippen LogP contribution in [-0.2, 0) is 0 Å². The molecule has 1 aromatic carbocycles. The summed E-state index contributed by atoms with van der Waals surface area (Å²) in [6.45, 7) is 1.80. The number of hydrogen-bond acceptors (Lipinski definition) is 2. The molecule has 2 aromatic rings. The van der Waals surface area contributed by atoms with Crippen molar-refractivity contribution in [1.82, 2.24) is 4.98 Å². The van der Waals surface area contributed by atoms with Crippen LogP contribution >= 0.6 is 15.9 Å². The maximum atomic E-state index is 11.6. The largest absolute Gasteiger partial charge is 0.324 e. The van der Waals surface area contributed by atoms with Gasteiger partial charge in [-0.2, -0.15) is 0 Å². The van der Waals surface area contributed by atoms with Gasteiger partial charge in [0.25, 0.3) is 5.56 Å². The SMILES string of the molecule is CC(N)c1cc2cc(Br)ccc2[nH]c1=O. The van der Waals surface area contributed by atoms with Gasteiger partial charge in [-0.3, -0.25) is 4.79 Å². The van der Waals surface area contributed by atoms with Crippen LogP contribution in [0.15, 0.2) is 33.5 Å². The summed E-state index contributed by atoms with van der Waals surface area (Å²) in [5, 5.41) is 0.983. The molecule has 4 heteroatoms. The Hall–Kier alpha value is -1.13. The van der Waals surface area contributed by atoms with Crippen molar-refractivity contribution in [3.05, 3.63) is 44.7 Å². The molecule has 1 atom stereocenters. The third kappa shape index (κ3) is 1.96. The zero-order chi connectivity index (χ0) is 11.0. The molecule has 1 heterocycles. The lowest BCUT2D eigenvalue weighted by atomic mass is 10.1. The molecule has 0 spiro atoms. The molecule has 1 aromatic heterocycles. The number of nitrogens with two attached hydrogens (primary N) is 1. The van der Waals surface area contributed by atoms with Gasteiger partial charge >= 0.3 is 0 Å². The first-order valence-electron chi connectivity index (χ1n) is 4.66. The molecule has 0 saturated carbocycles. The molecule has 2 rings (SSSR count). The van der Waals surface area contributed by atoms with Gasteiger partial charge in [0.1, 0.15) is 0 Å². The topological polar surface area (TPSA) is 58.9 Å². The van der Waals surface area contributed by atoms with Crippen LogP contribution in [0.4, 0.5) is 0 Å². The number of nitrogens with one attached hydrogen (secondary N) is 1. The highest BCUT2D eigenvalue weighted by Crippen LogP contribution is 2.18. The number of fused-ring (bicyclic) bond motifs is 1. The molecular formula is C11H11BrN2O. The van der Waals surface area contributed by atoms with Crippen LogP contribution < -0.4 is 11.3 Å². The Morgan fingerprint density at radius 1 is 1.40 bits per heavy atom. The van der Waals surface area contributed by atoms with E-state index in [-0.39, 0.29) is 11.6 Å². The average molecular weight is 267 g/mol. The van der Waals surface area contributed by atoms with E-state index in [0.29, 0.717) is 5.56 Å². The van der Waals surface area contributed by atoms with E-state index in [1.165, 1.54) is 0 Å². The van der Waals surface area contributed by atoms with Crippen LogP contribution in [0.1, 0.15) is 18.5 Å². The first-order chi connectivity index (χ1) is 7.08. The Bertz CT molecular complexity index is 560. The quantitative estimate of drug-likeness (QED) is 0.832. The summed E-state index contributed by atoms with van der Waals surface area (Å²) in [5.74, 6) is 0. The minimum Gasteiger partial charge on any atom is -0.324 e. The van der Waals surface area contributed by atoms with Gasteiger partial charge in [-0.15, -0.1) is 0 Å². The van der Waals surface area contributed by atoms with Crippen molar-refractivity contribution in [2.24, 2.45) is 5.73 Å². The second-order valence-electron chi connectivity index (χ2n) is 3.57. The third-order valence-electron chi connectivity index (χ3n) is 2.33. The van der Waals surface area contributed by atoms with E-state index in [1.807, 2.05) is 24.3 Å². The fraction of sp³-hybridized carbons (Fsp3) is 0.182. The first-order valence-corrected chi connectivity index (χ1v) is 5.45. The van der Waals surface area contributed by atoms with Crippen molar-refractivity contribution >= 4 is 26.8 Å². The second kappa shape index (κ2) is 3.79. The summed E-state index contributed by atoms with van der Waals surface area (Å²) in [7, 11) is 0. The fourth-order valence-electron chi connectivity index (χ4n) is 1.53. The fourth-order valence-corrected chi connectivity index (χ4v) is 1.91. The molecule has 15 heavy (non-hydrogen) atoms. The molecule has 0 bridgehead atoms. The lowest BCUT2D eigenvalue weighted by Crippen LogP contribution is -2.19. The molecule has 0 saturated heterocycles. The summed E-state index contributed by atoms with van der Waals surface area (Å²) < 4.78 is 0.984. The zero-order valence-corrected chi connectivity index (χ0v) is 9.84. The average Bonchev–Trinajstić information content (AvgIpc) is 2.17. The summed E-state index contributed by atoms with van der Waals surface area (Å²) in [5.41, 5.74) is 7.04. The van der Waals surface area contributed by atoms with Gasteiger partial charge < -0.3 is 10.7 Å². The van der Waals surface area contributed by atoms with Gasteiger partial charge in [-0.25, -0.2) is 0 Å². The van der Waals surface area contributed by atoms with E-state index >= 15 is 0 Å². The second-order valence-corrected chi connectivity index (χ2v) is 4.49. The van der Waals surface area contributed by atoms with Crippen molar-refractivity contribution in [2.75, 3.05) is 0 Å².